The van der Waals surface area contributed by atoms with Gasteiger partial charge in [0.1, 0.15) is 0 Å². The number of carbonyl (C=O) groups is 3. The molecule has 0 aliphatic carbocycles. The molecule has 1 rings (SSSR count). The second-order valence-electron chi connectivity index (χ2n) is 5.11. The quantitative estimate of drug-likeness (QED) is 0.851. The molecule has 1 aromatic rings. The van der Waals surface area contributed by atoms with Gasteiger partial charge in [-0.25, -0.2) is 0 Å². The van der Waals surface area contributed by atoms with E-state index in [2.05, 4.69) is 5.32 Å². The van der Waals surface area contributed by atoms with E-state index in [4.69, 9.17) is 0 Å². The molecular formula is C13H17NO3S. The summed E-state index contributed by atoms with van der Waals surface area (Å²) in [4.78, 5) is 34.9. The number of hydrogen-bond acceptors (Lipinski definition) is 4. The summed E-state index contributed by atoms with van der Waals surface area (Å²) >= 11 is 1.20. The van der Waals surface area contributed by atoms with Crippen LogP contribution in [0.1, 0.15) is 47.7 Å². The standard InChI is InChI=1S/C13H17NO3S/c1-8(15)9-5-10(18-7-9)12(17)14-6-11(16)13(2,3)4/h5,7H,6H2,1-4H3,(H,14,17). The van der Waals surface area contributed by atoms with Crippen LogP contribution in [-0.2, 0) is 4.79 Å². The third kappa shape index (κ3) is 3.77. The highest BCUT2D eigenvalue weighted by atomic mass is 32.1. The fraction of sp³-hybridized carbons (Fsp3) is 0.462. The van der Waals surface area contributed by atoms with Crippen molar-refractivity contribution in [1.29, 1.82) is 0 Å². The summed E-state index contributed by atoms with van der Waals surface area (Å²) in [5.41, 5.74) is 0.0556. The molecule has 0 aliphatic heterocycles. The van der Waals surface area contributed by atoms with Crippen molar-refractivity contribution in [1.82, 2.24) is 5.32 Å². The van der Waals surface area contributed by atoms with E-state index >= 15 is 0 Å². The zero-order chi connectivity index (χ0) is 13.9. The predicted molar refractivity (Wildman–Crippen MR) is 71.1 cm³/mol. The van der Waals surface area contributed by atoms with Crippen molar-refractivity contribution in [2.75, 3.05) is 6.54 Å². The van der Waals surface area contributed by atoms with Crippen LogP contribution in [-0.4, -0.2) is 24.0 Å². The predicted octanol–water partition coefficient (Wildman–Crippen LogP) is 2.30. The second kappa shape index (κ2) is 5.44. The zero-order valence-corrected chi connectivity index (χ0v) is 11.8. The van der Waals surface area contributed by atoms with Gasteiger partial charge in [-0.2, -0.15) is 0 Å². The van der Waals surface area contributed by atoms with E-state index in [-0.39, 0.29) is 24.0 Å². The van der Waals surface area contributed by atoms with Crippen molar-refractivity contribution in [3.8, 4) is 0 Å². The largest absolute Gasteiger partial charge is 0.344 e. The summed E-state index contributed by atoms with van der Waals surface area (Å²) in [6.45, 7) is 6.88. The fourth-order valence-corrected chi connectivity index (χ4v) is 2.01. The summed E-state index contributed by atoms with van der Waals surface area (Å²) < 4.78 is 0. The van der Waals surface area contributed by atoms with Gasteiger partial charge in [0.2, 0.25) is 0 Å². The Bertz CT molecular complexity index is 483. The van der Waals surface area contributed by atoms with Crippen molar-refractivity contribution in [2.24, 2.45) is 5.41 Å². The molecule has 0 atom stereocenters. The van der Waals surface area contributed by atoms with Gasteiger partial charge in [0, 0.05) is 16.4 Å². The maximum atomic E-state index is 11.7. The van der Waals surface area contributed by atoms with Gasteiger partial charge in [-0.1, -0.05) is 20.8 Å². The molecule has 98 valence electrons. The molecule has 0 spiro atoms. The minimum Gasteiger partial charge on any atom is -0.344 e. The monoisotopic (exact) mass is 267 g/mol. The lowest BCUT2D eigenvalue weighted by atomic mass is 9.91. The summed E-state index contributed by atoms with van der Waals surface area (Å²) in [7, 11) is 0. The van der Waals surface area contributed by atoms with E-state index in [9.17, 15) is 14.4 Å². The number of ketones is 2. The molecule has 1 N–H and O–H groups in total. The first-order chi connectivity index (χ1) is 8.21. The summed E-state index contributed by atoms with van der Waals surface area (Å²) in [5.74, 6) is -0.416. The topological polar surface area (TPSA) is 63.2 Å². The highest BCUT2D eigenvalue weighted by Crippen LogP contribution is 2.16. The molecule has 0 saturated carbocycles. The van der Waals surface area contributed by atoms with Crippen LogP contribution in [0.25, 0.3) is 0 Å². The maximum absolute atomic E-state index is 11.7. The third-order valence-electron chi connectivity index (χ3n) is 2.48. The Labute approximate surface area is 110 Å². The van der Waals surface area contributed by atoms with Gasteiger partial charge in [0.25, 0.3) is 5.91 Å². The summed E-state index contributed by atoms with van der Waals surface area (Å²) in [6.07, 6.45) is 0. The molecule has 18 heavy (non-hydrogen) atoms. The Morgan fingerprint density at radius 2 is 1.89 bits per heavy atom. The Morgan fingerprint density at radius 1 is 1.28 bits per heavy atom. The summed E-state index contributed by atoms with van der Waals surface area (Å²) in [5, 5.41) is 4.21. The average molecular weight is 267 g/mol. The Hall–Kier alpha value is -1.49. The Morgan fingerprint density at radius 3 is 2.33 bits per heavy atom. The molecular weight excluding hydrogens is 250 g/mol. The van der Waals surface area contributed by atoms with Gasteiger partial charge in [0.15, 0.2) is 11.6 Å². The van der Waals surface area contributed by atoms with Gasteiger partial charge in [-0.3, -0.25) is 14.4 Å². The highest BCUT2D eigenvalue weighted by molar-refractivity contribution is 7.12. The number of Topliss-reactive ketones (excluding diaryl/α,β-unsaturated/α-hetero) is 2. The molecule has 0 aliphatic rings. The molecule has 0 saturated heterocycles. The lowest BCUT2D eigenvalue weighted by Crippen LogP contribution is -2.35. The normalized spacial score (nSPS) is 11.1. The molecule has 5 heteroatoms. The van der Waals surface area contributed by atoms with Crippen LogP contribution in [0.15, 0.2) is 11.4 Å². The van der Waals surface area contributed by atoms with E-state index in [0.29, 0.717) is 10.4 Å². The van der Waals surface area contributed by atoms with Gasteiger partial charge in [0.05, 0.1) is 11.4 Å². The molecule has 0 radical (unpaired) electrons. The van der Waals surface area contributed by atoms with Crippen molar-refractivity contribution < 1.29 is 14.4 Å². The smallest absolute Gasteiger partial charge is 0.261 e. The van der Waals surface area contributed by atoms with Crippen LogP contribution < -0.4 is 5.32 Å². The second-order valence-corrected chi connectivity index (χ2v) is 6.02. The first kappa shape index (κ1) is 14.6. The molecule has 1 aromatic heterocycles. The zero-order valence-electron chi connectivity index (χ0n) is 11.0. The van der Waals surface area contributed by atoms with Gasteiger partial charge in [-0.05, 0) is 13.0 Å². The first-order valence-electron chi connectivity index (χ1n) is 5.63. The lowest BCUT2D eigenvalue weighted by molar-refractivity contribution is -0.125. The van der Waals surface area contributed by atoms with E-state index < -0.39 is 5.41 Å². The fourth-order valence-electron chi connectivity index (χ4n) is 1.15. The van der Waals surface area contributed by atoms with Gasteiger partial charge < -0.3 is 5.32 Å². The van der Waals surface area contributed by atoms with Crippen LogP contribution in [0, 0.1) is 5.41 Å². The van der Waals surface area contributed by atoms with Crippen LogP contribution in [0.4, 0.5) is 0 Å². The SMILES string of the molecule is CC(=O)c1csc(C(=O)NCC(=O)C(C)(C)C)c1. The Balaban J connectivity index is 2.61. The first-order valence-corrected chi connectivity index (χ1v) is 6.50. The molecule has 0 unspecified atom stereocenters. The molecule has 0 aromatic carbocycles. The number of amides is 1. The number of nitrogens with one attached hydrogen (secondary N) is 1. The minimum absolute atomic E-state index is 0.00956. The highest BCUT2D eigenvalue weighted by Gasteiger charge is 2.21. The minimum atomic E-state index is -0.465. The van der Waals surface area contributed by atoms with E-state index in [1.807, 2.05) is 0 Å². The van der Waals surface area contributed by atoms with Crippen molar-refractivity contribution in [3.63, 3.8) is 0 Å². The van der Waals surface area contributed by atoms with Gasteiger partial charge >= 0.3 is 0 Å². The van der Waals surface area contributed by atoms with Crippen molar-refractivity contribution >= 4 is 28.8 Å². The number of carbonyl (C=O) groups excluding carboxylic acids is 3. The van der Waals surface area contributed by atoms with E-state index in [0.717, 1.165) is 0 Å². The summed E-state index contributed by atoms with van der Waals surface area (Å²) in [6, 6.07) is 1.55. The van der Waals surface area contributed by atoms with Crippen LogP contribution in [0.3, 0.4) is 0 Å². The molecule has 0 bridgehead atoms. The van der Waals surface area contributed by atoms with Crippen molar-refractivity contribution in [3.05, 3.63) is 21.9 Å². The molecule has 0 fully saturated rings. The molecule has 1 heterocycles. The van der Waals surface area contributed by atoms with Gasteiger partial charge in [-0.15, -0.1) is 11.3 Å². The van der Waals surface area contributed by atoms with Crippen LogP contribution in [0.2, 0.25) is 0 Å². The molecule has 4 nitrogen and oxygen atoms in total. The number of rotatable bonds is 4. The maximum Gasteiger partial charge on any atom is 0.261 e. The van der Waals surface area contributed by atoms with Crippen LogP contribution in [0.5, 0.6) is 0 Å². The van der Waals surface area contributed by atoms with Crippen molar-refractivity contribution in [2.45, 2.75) is 27.7 Å². The average Bonchev–Trinajstić information content (AvgIpc) is 2.73. The lowest BCUT2D eigenvalue weighted by Gasteiger charge is -2.16. The van der Waals surface area contributed by atoms with E-state index in [1.165, 1.54) is 18.3 Å². The van der Waals surface area contributed by atoms with Crippen LogP contribution >= 0.6 is 11.3 Å². The molecule has 1 amide bonds. The number of hydrogen-bond donors (Lipinski definition) is 1. The third-order valence-corrected chi connectivity index (χ3v) is 3.40. The Kier molecular flexibility index (Phi) is 4.40. The number of thiophene rings is 1. The van der Waals surface area contributed by atoms with E-state index in [1.54, 1.807) is 32.2 Å².